The summed E-state index contributed by atoms with van der Waals surface area (Å²) in [4.78, 5) is 2.38. The monoisotopic (exact) mass is 351 g/mol. The zero-order valence-corrected chi connectivity index (χ0v) is 15.3. The van der Waals surface area contributed by atoms with E-state index in [1.165, 1.54) is 44.8 Å². The van der Waals surface area contributed by atoms with E-state index in [0.717, 1.165) is 0 Å². The van der Waals surface area contributed by atoms with Gasteiger partial charge in [0.1, 0.15) is 11.5 Å². The molecule has 3 N–H and O–H groups in total. The van der Waals surface area contributed by atoms with E-state index in [1.54, 1.807) is 6.92 Å². The molecule has 0 saturated heterocycles. The van der Waals surface area contributed by atoms with E-state index in [-0.39, 0.29) is 18.1 Å². The Morgan fingerprint density at radius 1 is 1.04 bits per heavy atom. The van der Waals surface area contributed by atoms with Crippen LogP contribution in [-0.2, 0) is 14.6 Å². The third-order valence-corrected chi connectivity index (χ3v) is 3.32. The lowest BCUT2D eigenvalue weighted by Crippen LogP contribution is -2.21. The fraction of sp³-hybridized carbons (Fsp3) is 0.600. The number of phenolic OH excluding ortho intramolecular Hbond substituents is 2. The second-order valence-electron chi connectivity index (χ2n) is 4.42. The quantitative estimate of drug-likeness (QED) is 0.553. The molecule has 0 bridgehead atoms. The average molecular weight is 351 g/mol. The minimum atomic E-state index is -4.17. The zero-order valence-electron chi connectivity index (χ0n) is 14.5. The highest BCUT2D eigenvalue weighted by Crippen LogP contribution is 2.19. The van der Waals surface area contributed by atoms with Gasteiger partial charge < -0.3 is 15.1 Å². The van der Waals surface area contributed by atoms with Crippen molar-refractivity contribution in [2.45, 2.75) is 34.6 Å². The fourth-order valence-corrected chi connectivity index (χ4v) is 1.76. The van der Waals surface area contributed by atoms with E-state index in [4.69, 9.17) is 14.8 Å². The highest BCUT2D eigenvalue weighted by atomic mass is 32.3. The first kappa shape index (κ1) is 23.9. The fourth-order valence-electron chi connectivity index (χ4n) is 1.46. The van der Waals surface area contributed by atoms with Crippen molar-refractivity contribution in [3.63, 3.8) is 0 Å². The molecule has 1 rings (SSSR count). The molecule has 0 aliphatic carbocycles. The topological polar surface area (TPSA) is 107 Å². The summed E-state index contributed by atoms with van der Waals surface area (Å²) in [7, 11) is -4.17. The van der Waals surface area contributed by atoms with Crippen molar-refractivity contribution in [1.29, 1.82) is 0 Å². The molecule has 1 aromatic rings. The first-order valence-electron chi connectivity index (χ1n) is 7.43. The van der Waals surface area contributed by atoms with Crippen LogP contribution < -0.4 is 0 Å². The Hall–Kier alpha value is -1.35. The van der Waals surface area contributed by atoms with Crippen LogP contribution in [0.2, 0.25) is 0 Å². The molecule has 0 aliphatic heterocycles. The Bertz CT molecular complexity index is 509. The van der Waals surface area contributed by atoms with Crippen molar-refractivity contribution in [3.8, 4) is 11.5 Å². The summed E-state index contributed by atoms with van der Waals surface area (Å²) in [6.07, 6.45) is 0. The number of aromatic hydroxyl groups is 2. The van der Waals surface area contributed by atoms with E-state index in [9.17, 15) is 8.42 Å². The maximum atomic E-state index is 9.56. The van der Waals surface area contributed by atoms with Gasteiger partial charge in [-0.2, -0.15) is 8.42 Å². The van der Waals surface area contributed by atoms with Gasteiger partial charge in [-0.3, -0.25) is 4.55 Å². The van der Waals surface area contributed by atoms with Crippen LogP contribution in [0.5, 0.6) is 11.5 Å². The maximum absolute atomic E-state index is 9.56. The standard InChI is InChI=1S/C7H8O2.C6H15N.C2H6O4S/c1-5-4-6(8)2-3-7(5)9;1-4-7(5-2)6-3;1-2-6-7(3,4)5/h2-4,8-9H,1H3;4-6H2,1-3H3;2H2,1H3,(H,3,4,5). The molecular formula is C15H29NO6S. The van der Waals surface area contributed by atoms with Crippen LogP contribution in [0.4, 0.5) is 0 Å². The highest BCUT2D eigenvalue weighted by molar-refractivity contribution is 7.80. The summed E-state index contributed by atoms with van der Waals surface area (Å²) in [6.45, 7) is 13.3. The molecule has 0 heterocycles. The molecule has 0 aliphatic rings. The van der Waals surface area contributed by atoms with E-state index in [1.807, 2.05) is 0 Å². The lowest BCUT2D eigenvalue weighted by Gasteiger charge is -2.13. The molecule has 0 aromatic heterocycles. The molecule has 0 amide bonds. The normalized spacial score (nSPS) is 10.4. The summed E-state index contributed by atoms with van der Waals surface area (Å²) in [5.41, 5.74) is 0.690. The molecule has 0 atom stereocenters. The highest BCUT2D eigenvalue weighted by Gasteiger charge is 1.98. The summed E-state index contributed by atoms with van der Waals surface area (Å²) in [6, 6.07) is 4.42. The summed E-state index contributed by atoms with van der Waals surface area (Å²) >= 11 is 0. The van der Waals surface area contributed by atoms with Gasteiger partial charge >= 0.3 is 10.4 Å². The summed E-state index contributed by atoms with van der Waals surface area (Å²) in [5, 5.41) is 17.8. The smallest absolute Gasteiger partial charge is 0.397 e. The average Bonchev–Trinajstić information content (AvgIpc) is 2.45. The van der Waals surface area contributed by atoms with Crippen LogP contribution in [0.3, 0.4) is 0 Å². The predicted octanol–water partition coefficient (Wildman–Crippen LogP) is 2.58. The molecule has 8 heteroatoms. The SMILES string of the molecule is CCN(CC)CC.CCOS(=O)(=O)O.Cc1cc(O)ccc1O. The number of aryl methyl sites for hydroxylation is 1. The van der Waals surface area contributed by atoms with Gasteiger partial charge in [0.25, 0.3) is 0 Å². The van der Waals surface area contributed by atoms with Gasteiger partial charge in [-0.15, -0.1) is 0 Å². The van der Waals surface area contributed by atoms with E-state index >= 15 is 0 Å². The zero-order chi connectivity index (χ0) is 18.5. The molecule has 0 radical (unpaired) electrons. The van der Waals surface area contributed by atoms with Gasteiger partial charge in [0.05, 0.1) is 6.61 Å². The molecule has 7 nitrogen and oxygen atoms in total. The Labute approximate surface area is 139 Å². The number of nitrogens with zero attached hydrogens (tertiary/aromatic N) is 1. The number of rotatable bonds is 5. The molecule has 23 heavy (non-hydrogen) atoms. The molecule has 0 unspecified atom stereocenters. The van der Waals surface area contributed by atoms with Crippen LogP contribution in [0.25, 0.3) is 0 Å². The summed E-state index contributed by atoms with van der Waals surface area (Å²) < 4.78 is 30.7. The van der Waals surface area contributed by atoms with Crippen molar-refractivity contribution in [1.82, 2.24) is 4.90 Å². The van der Waals surface area contributed by atoms with Gasteiger partial charge in [-0.05, 0) is 57.2 Å². The first-order valence-corrected chi connectivity index (χ1v) is 8.80. The largest absolute Gasteiger partial charge is 0.508 e. The van der Waals surface area contributed by atoms with Gasteiger partial charge in [0, 0.05) is 0 Å². The van der Waals surface area contributed by atoms with Crippen molar-refractivity contribution >= 4 is 10.4 Å². The third kappa shape index (κ3) is 15.3. The lowest BCUT2D eigenvalue weighted by molar-refractivity contribution is 0.283. The predicted molar refractivity (Wildman–Crippen MR) is 91.1 cm³/mol. The molecule has 0 fully saturated rings. The van der Waals surface area contributed by atoms with Crippen LogP contribution in [-0.4, -0.2) is 54.3 Å². The molecule has 0 saturated carbocycles. The number of hydrogen-bond donors (Lipinski definition) is 3. The van der Waals surface area contributed by atoms with Crippen molar-refractivity contribution in [3.05, 3.63) is 23.8 Å². The van der Waals surface area contributed by atoms with E-state index in [0.29, 0.717) is 5.56 Å². The molecule has 136 valence electrons. The van der Waals surface area contributed by atoms with E-state index < -0.39 is 10.4 Å². The minimum Gasteiger partial charge on any atom is -0.508 e. The number of phenols is 2. The first-order chi connectivity index (χ1) is 10.6. The Morgan fingerprint density at radius 3 is 1.70 bits per heavy atom. The van der Waals surface area contributed by atoms with Crippen LogP contribution >= 0.6 is 0 Å². The van der Waals surface area contributed by atoms with Gasteiger partial charge in [-0.1, -0.05) is 20.8 Å². The van der Waals surface area contributed by atoms with Crippen molar-refractivity contribution in [2.24, 2.45) is 0 Å². The number of benzene rings is 1. The van der Waals surface area contributed by atoms with Crippen LogP contribution in [0, 0.1) is 6.92 Å². The Balaban J connectivity index is 0. The molecule has 0 spiro atoms. The van der Waals surface area contributed by atoms with Gasteiger partial charge in [0.2, 0.25) is 0 Å². The maximum Gasteiger partial charge on any atom is 0.397 e. The van der Waals surface area contributed by atoms with Gasteiger partial charge in [-0.25, -0.2) is 4.18 Å². The van der Waals surface area contributed by atoms with Crippen LogP contribution in [0.1, 0.15) is 33.3 Å². The van der Waals surface area contributed by atoms with Gasteiger partial charge in [0.15, 0.2) is 0 Å². The van der Waals surface area contributed by atoms with Crippen molar-refractivity contribution < 1.29 is 27.4 Å². The van der Waals surface area contributed by atoms with Crippen molar-refractivity contribution in [2.75, 3.05) is 26.2 Å². The second kappa shape index (κ2) is 13.1. The Kier molecular flexibility index (Phi) is 13.6. The second-order valence-corrected chi connectivity index (χ2v) is 5.52. The molecular weight excluding hydrogens is 322 g/mol. The van der Waals surface area contributed by atoms with E-state index in [2.05, 4.69) is 29.9 Å². The molecule has 1 aromatic carbocycles. The number of hydrogen-bond acceptors (Lipinski definition) is 6. The Morgan fingerprint density at radius 2 is 1.52 bits per heavy atom. The lowest BCUT2D eigenvalue weighted by atomic mass is 10.2. The minimum absolute atomic E-state index is 0.0289. The third-order valence-electron chi connectivity index (χ3n) is 2.79. The van der Waals surface area contributed by atoms with Crippen LogP contribution in [0.15, 0.2) is 18.2 Å². The summed E-state index contributed by atoms with van der Waals surface area (Å²) in [5.74, 6) is 0.401.